The summed E-state index contributed by atoms with van der Waals surface area (Å²) in [5.74, 6) is 0.248. The molecule has 2 aliphatic rings. The molecule has 2 fully saturated rings. The van der Waals surface area contributed by atoms with Gasteiger partial charge in [0.2, 0.25) is 0 Å². The van der Waals surface area contributed by atoms with Gasteiger partial charge in [0, 0.05) is 19.0 Å². The maximum absolute atomic E-state index is 12.9. The third-order valence-electron chi connectivity index (χ3n) is 5.46. The third kappa shape index (κ3) is 2.26. The first kappa shape index (κ1) is 14.7. The molecule has 23 heavy (non-hydrogen) atoms. The number of benzene rings is 1. The van der Waals surface area contributed by atoms with Crippen molar-refractivity contribution < 1.29 is 19.1 Å². The van der Waals surface area contributed by atoms with E-state index in [1.165, 1.54) is 0 Å². The average molecular weight is 315 g/mol. The fraction of sp³-hybridized carbons (Fsp3) is 0.500. The molecule has 1 N–H and O–H groups in total. The summed E-state index contributed by atoms with van der Waals surface area (Å²) in [7, 11) is 1.71. The van der Waals surface area contributed by atoms with Crippen molar-refractivity contribution in [3.05, 3.63) is 36.1 Å². The molecular formula is C18H21NO4. The van der Waals surface area contributed by atoms with Crippen molar-refractivity contribution in [3.8, 4) is 0 Å². The van der Waals surface area contributed by atoms with Crippen molar-refractivity contribution in [3.63, 3.8) is 0 Å². The minimum absolute atomic E-state index is 0.0861. The number of likely N-dealkylation sites (tertiary alicyclic amines) is 1. The molecule has 1 saturated heterocycles. The molecule has 1 aromatic heterocycles. The van der Waals surface area contributed by atoms with Crippen LogP contribution in [0.5, 0.6) is 0 Å². The van der Waals surface area contributed by atoms with Crippen molar-refractivity contribution in [1.82, 2.24) is 4.90 Å². The maximum Gasteiger partial charge on any atom is 0.289 e. The molecule has 2 heterocycles. The summed E-state index contributed by atoms with van der Waals surface area (Å²) in [5, 5.41) is 11.0. The van der Waals surface area contributed by atoms with Crippen molar-refractivity contribution in [2.45, 2.75) is 43.4 Å². The molecule has 0 spiro atoms. The molecule has 0 radical (unpaired) electrons. The number of aliphatic hydroxyl groups is 1. The van der Waals surface area contributed by atoms with E-state index < -0.39 is 0 Å². The molecule has 5 nitrogen and oxygen atoms in total. The van der Waals surface area contributed by atoms with Crippen LogP contribution >= 0.6 is 0 Å². The number of nitrogens with zero attached hydrogens (tertiary/aromatic N) is 1. The van der Waals surface area contributed by atoms with Gasteiger partial charge in [0.25, 0.3) is 5.91 Å². The Morgan fingerprint density at radius 1 is 1.39 bits per heavy atom. The highest BCUT2D eigenvalue weighted by Gasteiger charge is 2.52. The van der Waals surface area contributed by atoms with Crippen LogP contribution < -0.4 is 0 Å². The Bertz CT molecular complexity index is 706. The molecule has 1 amide bonds. The van der Waals surface area contributed by atoms with Gasteiger partial charge < -0.3 is 19.2 Å². The van der Waals surface area contributed by atoms with E-state index >= 15 is 0 Å². The predicted octanol–water partition coefficient (Wildman–Crippen LogP) is 2.58. The largest absolute Gasteiger partial charge is 0.451 e. The minimum atomic E-state index is -0.368. The minimum Gasteiger partial charge on any atom is -0.451 e. The van der Waals surface area contributed by atoms with Crippen LogP contribution in [0.3, 0.4) is 0 Å². The highest BCUT2D eigenvalue weighted by atomic mass is 16.5. The van der Waals surface area contributed by atoms with E-state index in [2.05, 4.69) is 0 Å². The number of hydrogen-bond donors (Lipinski definition) is 1. The molecule has 1 saturated carbocycles. The fourth-order valence-corrected chi connectivity index (χ4v) is 4.15. The molecule has 0 unspecified atom stereocenters. The van der Waals surface area contributed by atoms with Gasteiger partial charge in [-0.25, -0.2) is 0 Å². The standard InChI is InChI=1S/C18H21NO4/c1-22-18-7-6-13(20)11-16(18)19(9-8-18)17(21)15-10-12-4-2-3-5-14(12)23-15/h2-5,10,13,16,20H,6-9,11H2,1H3/t13-,16-,18+/m1/s1. The number of furan rings is 1. The van der Waals surface area contributed by atoms with Crippen LogP contribution in [0.1, 0.15) is 36.2 Å². The van der Waals surface area contributed by atoms with Crippen molar-refractivity contribution in [1.29, 1.82) is 0 Å². The van der Waals surface area contributed by atoms with Gasteiger partial charge in [-0.1, -0.05) is 18.2 Å². The molecule has 5 heteroatoms. The lowest BCUT2D eigenvalue weighted by Crippen LogP contribution is -2.52. The van der Waals surface area contributed by atoms with Crippen LogP contribution in [0.15, 0.2) is 34.7 Å². The molecular weight excluding hydrogens is 294 g/mol. The molecule has 3 atom stereocenters. The van der Waals surface area contributed by atoms with E-state index in [0.717, 1.165) is 30.2 Å². The lowest BCUT2D eigenvalue weighted by atomic mass is 9.79. The second-order valence-electron chi connectivity index (χ2n) is 6.61. The van der Waals surface area contributed by atoms with Gasteiger partial charge in [-0.15, -0.1) is 0 Å². The zero-order chi connectivity index (χ0) is 16.0. The number of methoxy groups -OCH3 is 1. The number of aliphatic hydroxyl groups excluding tert-OH is 1. The Hall–Kier alpha value is -1.85. The number of carbonyl (C=O) groups excluding carboxylic acids is 1. The summed E-state index contributed by atoms with van der Waals surface area (Å²) >= 11 is 0. The number of carbonyl (C=O) groups is 1. The smallest absolute Gasteiger partial charge is 0.289 e. The van der Waals surface area contributed by atoms with Crippen LogP contribution in [-0.4, -0.2) is 47.3 Å². The lowest BCUT2D eigenvalue weighted by molar-refractivity contribution is -0.0826. The second-order valence-corrected chi connectivity index (χ2v) is 6.61. The Morgan fingerprint density at radius 2 is 2.22 bits per heavy atom. The topological polar surface area (TPSA) is 62.9 Å². The van der Waals surface area contributed by atoms with Gasteiger partial charge in [0.15, 0.2) is 5.76 Å². The van der Waals surface area contributed by atoms with E-state index in [1.807, 2.05) is 29.2 Å². The van der Waals surface area contributed by atoms with Gasteiger partial charge in [0.05, 0.1) is 17.7 Å². The zero-order valence-corrected chi connectivity index (χ0v) is 13.2. The number of fused-ring (bicyclic) bond motifs is 2. The Labute approximate surface area is 134 Å². The van der Waals surface area contributed by atoms with Crippen LogP contribution in [0.4, 0.5) is 0 Å². The van der Waals surface area contributed by atoms with E-state index in [0.29, 0.717) is 18.7 Å². The SMILES string of the molecule is CO[C@]12CC[C@@H](O)C[C@H]1N(C(=O)c1cc3ccccc3o1)CC2. The average Bonchev–Trinajstić information content (AvgIpc) is 3.16. The molecule has 122 valence electrons. The van der Waals surface area contributed by atoms with Crippen molar-refractivity contribution in [2.24, 2.45) is 0 Å². The van der Waals surface area contributed by atoms with E-state index in [-0.39, 0.29) is 23.7 Å². The number of ether oxygens (including phenoxy) is 1. The number of hydrogen-bond acceptors (Lipinski definition) is 4. The first-order valence-corrected chi connectivity index (χ1v) is 8.16. The van der Waals surface area contributed by atoms with Crippen molar-refractivity contribution >= 4 is 16.9 Å². The quantitative estimate of drug-likeness (QED) is 0.925. The molecule has 4 rings (SSSR count). The maximum atomic E-state index is 12.9. The van der Waals surface area contributed by atoms with Crippen LogP contribution in [0.25, 0.3) is 11.0 Å². The second kappa shape index (κ2) is 5.35. The summed E-state index contributed by atoms with van der Waals surface area (Å²) in [4.78, 5) is 14.8. The lowest BCUT2D eigenvalue weighted by Gasteiger charge is -2.42. The Morgan fingerprint density at radius 3 is 3.00 bits per heavy atom. The van der Waals surface area contributed by atoms with Crippen LogP contribution in [0.2, 0.25) is 0 Å². The molecule has 0 bridgehead atoms. The highest BCUT2D eigenvalue weighted by molar-refractivity contribution is 5.96. The predicted molar refractivity (Wildman–Crippen MR) is 85.3 cm³/mol. The number of amides is 1. The van der Waals surface area contributed by atoms with Crippen molar-refractivity contribution in [2.75, 3.05) is 13.7 Å². The fourth-order valence-electron chi connectivity index (χ4n) is 4.15. The number of rotatable bonds is 2. The van der Waals surface area contributed by atoms with Gasteiger partial charge in [-0.05, 0) is 37.8 Å². The van der Waals surface area contributed by atoms with Gasteiger partial charge in [-0.3, -0.25) is 4.79 Å². The summed E-state index contributed by atoms with van der Waals surface area (Å²) in [5.41, 5.74) is 0.401. The molecule has 1 aromatic carbocycles. The molecule has 1 aliphatic carbocycles. The highest BCUT2D eigenvalue weighted by Crippen LogP contribution is 2.43. The zero-order valence-electron chi connectivity index (χ0n) is 13.2. The van der Waals surface area contributed by atoms with Crippen LogP contribution in [-0.2, 0) is 4.74 Å². The van der Waals surface area contributed by atoms with E-state index in [4.69, 9.17) is 9.15 Å². The summed E-state index contributed by atoms with van der Waals surface area (Å²) < 4.78 is 11.5. The van der Waals surface area contributed by atoms with E-state index in [9.17, 15) is 9.90 Å². The first-order chi connectivity index (χ1) is 11.1. The summed E-state index contributed by atoms with van der Waals surface area (Å²) in [6.45, 7) is 0.640. The molecule has 1 aliphatic heterocycles. The monoisotopic (exact) mass is 315 g/mol. The Kier molecular flexibility index (Phi) is 3.43. The Balaban J connectivity index is 1.65. The van der Waals surface area contributed by atoms with Gasteiger partial charge >= 0.3 is 0 Å². The van der Waals surface area contributed by atoms with Gasteiger partial charge in [-0.2, -0.15) is 0 Å². The summed E-state index contributed by atoms with van der Waals surface area (Å²) in [6, 6.07) is 9.32. The first-order valence-electron chi connectivity index (χ1n) is 8.16. The summed E-state index contributed by atoms with van der Waals surface area (Å²) in [6.07, 6.45) is 2.54. The van der Waals surface area contributed by atoms with Gasteiger partial charge in [0.1, 0.15) is 5.58 Å². The normalized spacial score (nSPS) is 30.6. The third-order valence-corrected chi connectivity index (χ3v) is 5.46. The number of para-hydroxylation sites is 1. The molecule has 2 aromatic rings. The van der Waals surface area contributed by atoms with E-state index in [1.54, 1.807) is 13.2 Å². The van der Waals surface area contributed by atoms with Crippen LogP contribution in [0, 0.1) is 0 Å².